The first kappa shape index (κ1) is 12.8. The summed E-state index contributed by atoms with van der Waals surface area (Å²) < 4.78 is 0. The monoisotopic (exact) mass is 246 g/mol. The first-order chi connectivity index (χ1) is 8.59. The molecule has 1 aromatic rings. The van der Waals surface area contributed by atoms with Crippen molar-refractivity contribution in [3.63, 3.8) is 0 Å². The lowest BCUT2D eigenvalue weighted by molar-refractivity contribution is 0.0710. The summed E-state index contributed by atoms with van der Waals surface area (Å²) in [4.78, 5) is 25.7. The molecule has 1 aromatic carbocycles. The normalized spacial score (nSPS) is 16.7. The molecular formula is C14H18N2O2. The SMILES string of the molecule is CC(=O)c1ccccc1C(=O)N1CCC(N)CC1. The highest BCUT2D eigenvalue weighted by Crippen LogP contribution is 2.16. The maximum absolute atomic E-state index is 12.4. The van der Waals surface area contributed by atoms with Crippen LogP contribution in [0.25, 0.3) is 0 Å². The predicted molar refractivity (Wildman–Crippen MR) is 69.6 cm³/mol. The van der Waals surface area contributed by atoms with Crippen molar-refractivity contribution in [3.8, 4) is 0 Å². The number of benzene rings is 1. The van der Waals surface area contributed by atoms with Gasteiger partial charge in [0.15, 0.2) is 5.78 Å². The van der Waals surface area contributed by atoms with Gasteiger partial charge in [-0.1, -0.05) is 18.2 Å². The second-order valence-corrected chi connectivity index (χ2v) is 4.73. The third-order valence-corrected chi connectivity index (χ3v) is 3.36. The Bertz CT molecular complexity index is 463. The summed E-state index contributed by atoms with van der Waals surface area (Å²) in [5, 5.41) is 0. The molecule has 96 valence electrons. The zero-order valence-electron chi connectivity index (χ0n) is 10.6. The Hall–Kier alpha value is -1.68. The number of piperidine rings is 1. The molecule has 0 atom stereocenters. The zero-order valence-corrected chi connectivity index (χ0v) is 10.6. The van der Waals surface area contributed by atoms with Crippen molar-refractivity contribution >= 4 is 11.7 Å². The van der Waals surface area contributed by atoms with Crippen LogP contribution in [-0.2, 0) is 0 Å². The molecule has 1 heterocycles. The van der Waals surface area contributed by atoms with E-state index in [-0.39, 0.29) is 17.7 Å². The van der Waals surface area contributed by atoms with Gasteiger partial charge in [-0.2, -0.15) is 0 Å². The first-order valence-corrected chi connectivity index (χ1v) is 6.24. The van der Waals surface area contributed by atoms with E-state index >= 15 is 0 Å². The highest BCUT2D eigenvalue weighted by molar-refractivity contribution is 6.07. The fourth-order valence-corrected chi connectivity index (χ4v) is 2.25. The van der Waals surface area contributed by atoms with Crippen LogP contribution in [0, 0.1) is 0 Å². The van der Waals surface area contributed by atoms with Crippen molar-refractivity contribution in [3.05, 3.63) is 35.4 Å². The van der Waals surface area contributed by atoms with Crippen LogP contribution in [0.2, 0.25) is 0 Å². The number of Topliss-reactive ketones (excluding diaryl/α,β-unsaturated/α-hetero) is 1. The number of ketones is 1. The van der Waals surface area contributed by atoms with E-state index in [4.69, 9.17) is 5.73 Å². The average Bonchev–Trinajstić information content (AvgIpc) is 2.39. The molecule has 2 rings (SSSR count). The van der Waals surface area contributed by atoms with E-state index < -0.39 is 0 Å². The quantitative estimate of drug-likeness (QED) is 0.803. The number of rotatable bonds is 2. The van der Waals surface area contributed by atoms with Crippen molar-refractivity contribution in [1.29, 1.82) is 0 Å². The maximum atomic E-state index is 12.4. The first-order valence-electron chi connectivity index (χ1n) is 6.24. The molecule has 1 saturated heterocycles. The molecule has 0 unspecified atom stereocenters. The molecule has 1 fully saturated rings. The Kier molecular flexibility index (Phi) is 3.77. The van der Waals surface area contributed by atoms with Crippen LogP contribution < -0.4 is 5.73 Å². The van der Waals surface area contributed by atoms with Gasteiger partial charge in [0.2, 0.25) is 0 Å². The summed E-state index contributed by atoms with van der Waals surface area (Å²) in [6.07, 6.45) is 1.65. The van der Waals surface area contributed by atoms with Gasteiger partial charge in [-0.05, 0) is 25.8 Å². The standard InChI is InChI=1S/C14H18N2O2/c1-10(17)12-4-2-3-5-13(12)14(18)16-8-6-11(15)7-9-16/h2-5,11H,6-9,15H2,1H3. The number of carbonyl (C=O) groups is 2. The van der Waals surface area contributed by atoms with Crippen LogP contribution in [-0.4, -0.2) is 35.7 Å². The number of hydrogen-bond donors (Lipinski definition) is 1. The van der Waals surface area contributed by atoms with E-state index in [9.17, 15) is 9.59 Å². The minimum Gasteiger partial charge on any atom is -0.339 e. The van der Waals surface area contributed by atoms with Crippen LogP contribution in [0.3, 0.4) is 0 Å². The van der Waals surface area contributed by atoms with Crippen LogP contribution in [0.15, 0.2) is 24.3 Å². The second-order valence-electron chi connectivity index (χ2n) is 4.73. The van der Waals surface area contributed by atoms with Crippen molar-refractivity contribution in [1.82, 2.24) is 4.90 Å². The van der Waals surface area contributed by atoms with E-state index in [1.807, 2.05) is 0 Å². The molecule has 1 amide bonds. The summed E-state index contributed by atoms with van der Waals surface area (Å²) >= 11 is 0. The summed E-state index contributed by atoms with van der Waals surface area (Å²) in [5.74, 6) is -0.139. The van der Waals surface area contributed by atoms with Gasteiger partial charge >= 0.3 is 0 Å². The minimum absolute atomic E-state index is 0.0623. The van der Waals surface area contributed by atoms with Crippen LogP contribution in [0.4, 0.5) is 0 Å². The maximum Gasteiger partial charge on any atom is 0.254 e. The van der Waals surface area contributed by atoms with Gasteiger partial charge in [-0.3, -0.25) is 9.59 Å². The van der Waals surface area contributed by atoms with E-state index in [2.05, 4.69) is 0 Å². The number of likely N-dealkylation sites (tertiary alicyclic amines) is 1. The lowest BCUT2D eigenvalue weighted by Crippen LogP contribution is -2.43. The molecule has 1 aliphatic rings. The highest BCUT2D eigenvalue weighted by atomic mass is 16.2. The molecular weight excluding hydrogens is 228 g/mol. The van der Waals surface area contributed by atoms with E-state index in [0.717, 1.165) is 12.8 Å². The van der Waals surface area contributed by atoms with Gasteiger partial charge in [-0.25, -0.2) is 0 Å². The molecule has 0 saturated carbocycles. The number of nitrogens with zero attached hydrogens (tertiary/aromatic N) is 1. The van der Waals surface area contributed by atoms with Crippen molar-refractivity contribution in [2.24, 2.45) is 5.73 Å². The molecule has 1 aliphatic heterocycles. The molecule has 2 N–H and O–H groups in total. The van der Waals surface area contributed by atoms with Crippen molar-refractivity contribution < 1.29 is 9.59 Å². The van der Waals surface area contributed by atoms with Crippen LogP contribution in [0.5, 0.6) is 0 Å². The van der Waals surface area contributed by atoms with Gasteiger partial charge in [0.1, 0.15) is 0 Å². The summed E-state index contributed by atoms with van der Waals surface area (Å²) in [6, 6.07) is 7.17. The van der Waals surface area contributed by atoms with Gasteiger partial charge in [0, 0.05) is 24.7 Å². The number of carbonyl (C=O) groups excluding carboxylic acids is 2. The molecule has 0 bridgehead atoms. The topological polar surface area (TPSA) is 63.4 Å². The Morgan fingerprint density at radius 3 is 2.28 bits per heavy atom. The molecule has 0 spiro atoms. The minimum atomic E-state index is -0.0762. The summed E-state index contributed by atoms with van der Waals surface area (Å²) in [6.45, 7) is 2.83. The number of hydrogen-bond acceptors (Lipinski definition) is 3. The fraction of sp³-hybridized carbons (Fsp3) is 0.429. The number of nitrogens with two attached hydrogens (primary N) is 1. The van der Waals surface area contributed by atoms with E-state index in [1.165, 1.54) is 6.92 Å². The molecule has 0 radical (unpaired) electrons. The van der Waals surface area contributed by atoms with Crippen LogP contribution in [0.1, 0.15) is 40.5 Å². The van der Waals surface area contributed by atoms with Gasteiger partial charge in [0.25, 0.3) is 5.91 Å². The highest BCUT2D eigenvalue weighted by Gasteiger charge is 2.23. The fourth-order valence-electron chi connectivity index (χ4n) is 2.25. The van der Waals surface area contributed by atoms with Gasteiger partial charge in [0.05, 0.1) is 5.56 Å². The van der Waals surface area contributed by atoms with Gasteiger partial charge < -0.3 is 10.6 Å². The molecule has 4 nitrogen and oxygen atoms in total. The van der Waals surface area contributed by atoms with Crippen LogP contribution >= 0.6 is 0 Å². The summed E-state index contributed by atoms with van der Waals surface area (Å²) in [5.41, 5.74) is 6.82. The smallest absolute Gasteiger partial charge is 0.254 e. The Morgan fingerprint density at radius 1 is 1.17 bits per heavy atom. The number of amides is 1. The Morgan fingerprint density at radius 2 is 1.72 bits per heavy atom. The second kappa shape index (κ2) is 5.31. The average molecular weight is 246 g/mol. The lowest BCUT2D eigenvalue weighted by Gasteiger charge is -2.30. The molecule has 0 aliphatic carbocycles. The zero-order chi connectivity index (χ0) is 13.1. The largest absolute Gasteiger partial charge is 0.339 e. The predicted octanol–water partition coefficient (Wildman–Crippen LogP) is 1.45. The molecule has 18 heavy (non-hydrogen) atoms. The van der Waals surface area contributed by atoms with E-state index in [1.54, 1.807) is 29.2 Å². The Balaban J connectivity index is 2.21. The lowest BCUT2D eigenvalue weighted by atomic mass is 10.0. The third-order valence-electron chi connectivity index (χ3n) is 3.36. The third kappa shape index (κ3) is 2.59. The van der Waals surface area contributed by atoms with Crippen molar-refractivity contribution in [2.45, 2.75) is 25.8 Å². The van der Waals surface area contributed by atoms with Crippen molar-refractivity contribution in [2.75, 3.05) is 13.1 Å². The van der Waals surface area contributed by atoms with E-state index in [0.29, 0.717) is 24.2 Å². The molecule has 0 aromatic heterocycles. The molecule has 4 heteroatoms. The summed E-state index contributed by atoms with van der Waals surface area (Å²) in [7, 11) is 0. The Labute approximate surface area is 107 Å². The van der Waals surface area contributed by atoms with Gasteiger partial charge in [-0.15, -0.1) is 0 Å².